The molecule has 0 atom stereocenters. The van der Waals surface area contributed by atoms with Crippen molar-refractivity contribution in [3.8, 4) is 0 Å². The van der Waals surface area contributed by atoms with Gasteiger partial charge in [-0.15, -0.1) is 11.3 Å². The minimum absolute atomic E-state index is 0.283. The lowest BCUT2D eigenvalue weighted by Gasteiger charge is -2.14. The van der Waals surface area contributed by atoms with E-state index in [4.69, 9.17) is 0 Å². The van der Waals surface area contributed by atoms with Gasteiger partial charge in [0.05, 0.1) is 0 Å². The second-order valence-electron chi connectivity index (χ2n) is 4.40. The first-order chi connectivity index (χ1) is 8.25. The smallest absolute Gasteiger partial charge is 0.223 e. The number of carbonyl (C=O) groups excluding carboxylic acids is 1. The summed E-state index contributed by atoms with van der Waals surface area (Å²) in [7, 11) is 0. The molecule has 1 amide bonds. The molecule has 4 nitrogen and oxygen atoms in total. The molecule has 0 radical (unpaired) electrons. The summed E-state index contributed by atoms with van der Waals surface area (Å²) >= 11 is 1.66. The first-order valence-corrected chi connectivity index (χ1v) is 7.03. The van der Waals surface area contributed by atoms with Gasteiger partial charge < -0.3 is 10.2 Å². The highest BCUT2D eigenvalue weighted by atomic mass is 32.1. The molecule has 94 valence electrons. The molecular weight excluding hydrogens is 234 g/mol. The molecular formula is C12H19N3OS. The van der Waals surface area contributed by atoms with E-state index in [0.29, 0.717) is 6.42 Å². The van der Waals surface area contributed by atoms with Crippen LogP contribution in [-0.2, 0) is 11.3 Å². The normalized spacial score (nSPS) is 15.5. The Bertz CT molecular complexity index is 372. The van der Waals surface area contributed by atoms with Crippen LogP contribution in [0, 0.1) is 6.92 Å². The predicted molar refractivity (Wildman–Crippen MR) is 69.0 cm³/mol. The van der Waals surface area contributed by atoms with Gasteiger partial charge in [0.25, 0.3) is 0 Å². The van der Waals surface area contributed by atoms with Gasteiger partial charge in [-0.2, -0.15) is 0 Å². The van der Waals surface area contributed by atoms with E-state index in [1.165, 1.54) is 0 Å². The van der Waals surface area contributed by atoms with E-state index in [0.717, 1.165) is 49.7 Å². The van der Waals surface area contributed by atoms with Crippen molar-refractivity contribution in [1.29, 1.82) is 0 Å². The van der Waals surface area contributed by atoms with Gasteiger partial charge in [-0.25, -0.2) is 4.98 Å². The van der Waals surface area contributed by atoms with Gasteiger partial charge in [0, 0.05) is 43.7 Å². The van der Waals surface area contributed by atoms with Crippen molar-refractivity contribution in [1.82, 2.24) is 15.2 Å². The van der Waals surface area contributed by atoms with Crippen molar-refractivity contribution >= 4 is 17.2 Å². The number of aromatic nitrogens is 1. The van der Waals surface area contributed by atoms with E-state index < -0.39 is 0 Å². The summed E-state index contributed by atoms with van der Waals surface area (Å²) in [4.78, 5) is 18.1. The molecule has 5 heteroatoms. The average molecular weight is 253 g/mol. The van der Waals surface area contributed by atoms with Crippen LogP contribution in [0.3, 0.4) is 0 Å². The second kappa shape index (κ2) is 6.12. The van der Waals surface area contributed by atoms with Crippen molar-refractivity contribution in [2.75, 3.05) is 19.6 Å². The minimum Gasteiger partial charge on any atom is -0.343 e. The highest BCUT2D eigenvalue weighted by molar-refractivity contribution is 7.09. The van der Waals surface area contributed by atoms with Crippen LogP contribution in [-0.4, -0.2) is 35.4 Å². The highest BCUT2D eigenvalue weighted by Crippen LogP contribution is 2.09. The van der Waals surface area contributed by atoms with Gasteiger partial charge in [0.1, 0.15) is 5.01 Å². The molecule has 1 fully saturated rings. The van der Waals surface area contributed by atoms with Crippen LogP contribution >= 0.6 is 11.3 Å². The summed E-state index contributed by atoms with van der Waals surface area (Å²) in [6.07, 6.45) is 2.93. The molecule has 1 aromatic heterocycles. The van der Waals surface area contributed by atoms with E-state index in [1.54, 1.807) is 11.3 Å². The standard InChI is InChI=1S/C12H19N3OS/c1-10-9-17-11(14-10)8-13-5-4-12(16)15-6-2-3-7-15/h9,13H,2-8H2,1H3. The summed E-state index contributed by atoms with van der Waals surface area (Å²) in [5.41, 5.74) is 1.07. The quantitative estimate of drug-likeness (QED) is 0.810. The van der Waals surface area contributed by atoms with E-state index in [-0.39, 0.29) is 5.91 Å². The summed E-state index contributed by atoms with van der Waals surface area (Å²) in [6, 6.07) is 0. The maximum absolute atomic E-state index is 11.7. The van der Waals surface area contributed by atoms with Crippen LogP contribution in [0.1, 0.15) is 30.0 Å². The molecule has 0 unspecified atom stereocenters. The summed E-state index contributed by atoms with van der Waals surface area (Å²) in [5, 5.41) is 6.41. The second-order valence-corrected chi connectivity index (χ2v) is 5.34. The largest absolute Gasteiger partial charge is 0.343 e. The van der Waals surface area contributed by atoms with E-state index >= 15 is 0 Å². The summed E-state index contributed by atoms with van der Waals surface area (Å²) in [5.74, 6) is 0.283. The number of nitrogens with one attached hydrogen (secondary N) is 1. The molecule has 1 aromatic rings. The molecule has 0 saturated carbocycles. The third-order valence-electron chi connectivity index (χ3n) is 2.92. The first kappa shape index (κ1) is 12.5. The van der Waals surface area contributed by atoms with Crippen LogP contribution in [0.4, 0.5) is 0 Å². The van der Waals surface area contributed by atoms with E-state index in [9.17, 15) is 4.79 Å². The summed E-state index contributed by atoms with van der Waals surface area (Å²) < 4.78 is 0. The van der Waals surface area contributed by atoms with Crippen LogP contribution in [0.2, 0.25) is 0 Å². The maximum Gasteiger partial charge on any atom is 0.223 e. The number of likely N-dealkylation sites (tertiary alicyclic amines) is 1. The lowest BCUT2D eigenvalue weighted by Crippen LogP contribution is -2.30. The van der Waals surface area contributed by atoms with Crippen molar-refractivity contribution in [3.05, 3.63) is 16.1 Å². The lowest BCUT2D eigenvalue weighted by molar-refractivity contribution is -0.130. The maximum atomic E-state index is 11.7. The molecule has 0 aromatic carbocycles. The number of rotatable bonds is 5. The molecule has 0 aliphatic carbocycles. The average Bonchev–Trinajstić information content (AvgIpc) is 2.95. The fourth-order valence-corrected chi connectivity index (χ4v) is 2.74. The van der Waals surface area contributed by atoms with Crippen molar-refractivity contribution in [2.45, 2.75) is 32.7 Å². The molecule has 0 bridgehead atoms. The monoisotopic (exact) mass is 253 g/mol. The Morgan fingerprint density at radius 1 is 1.53 bits per heavy atom. The molecule has 1 saturated heterocycles. The van der Waals surface area contributed by atoms with Crippen LogP contribution in [0.5, 0.6) is 0 Å². The number of carbonyl (C=O) groups is 1. The zero-order valence-electron chi connectivity index (χ0n) is 10.2. The summed E-state index contributed by atoms with van der Waals surface area (Å²) in [6.45, 7) is 5.41. The lowest BCUT2D eigenvalue weighted by atomic mass is 10.3. The van der Waals surface area contributed by atoms with Gasteiger partial charge >= 0.3 is 0 Å². The fraction of sp³-hybridized carbons (Fsp3) is 0.667. The molecule has 1 aliphatic heterocycles. The van der Waals surface area contributed by atoms with Crippen molar-refractivity contribution in [3.63, 3.8) is 0 Å². The molecule has 1 aliphatic rings. The van der Waals surface area contributed by atoms with Crippen molar-refractivity contribution in [2.24, 2.45) is 0 Å². The topological polar surface area (TPSA) is 45.2 Å². The van der Waals surface area contributed by atoms with E-state index in [2.05, 4.69) is 10.3 Å². The SMILES string of the molecule is Cc1csc(CNCCC(=O)N2CCCC2)n1. The van der Waals surface area contributed by atoms with Gasteiger partial charge in [-0.05, 0) is 19.8 Å². The third kappa shape index (κ3) is 3.78. The Labute approximate surface area is 106 Å². The Morgan fingerprint density at radius 3 is 2.94 bits per heavy atom. The van der Waals surface area contributed by atoms with Crippen LogP contribution < -0.4 is 5.32 Å². The van der Waals surface area contributed by atoms with Crippen LogP contribution in [0.25, 0.3) is 0 Å². The first-order valence-electron chi connectivity index (χ1n) is 6.15. The van der Waals surface area contributed by atoms with Gasteiger partial charge in [-0.1, -0.05) is 0 Å². The predicted octanol–water partition coefficient (Wildman–Crippen LogP) is 1.55. The zero-order chi connectivity index (χ0) is 12.1. The highest BCUT2D eigenvalue weighted by Gasteiger charge is 2.16. The number of amides is 1. The Hall–Kier alpha value is -0.940. The third-order valence-corrected chi connectivity index (χ3v) is 3.88. The fourth-order valence-electron chi connectivity index (χ4n) is 2.00. The van der Waals surface area contributed by atoms with Gasteiger partial charge in [-0.3, -0.25) is 4.79 Å². The Morgan fingerprint density at radius 2 is 2.29 bits per heavy atom. The Kier molecular flexibility index (Phi) is 4.50. The van der Waals surface area contributed by atoms with E-state index in [1.807, 2.05) is 17.2 Å². The number of aryl methyl sites for hydroxylation is 1. The number of hydrogen-bond donors (Lipinski definition) is 1. The number of thiazole rings is 1. The molecule has 17 heavy (non-hydrogen) atoms. The van der Waals surface area contributed by atoms with Gasteiger partial charge in [0.15, 0.2) is 0 Å². The molecule has 1 N–H and O–H groups in total. The molecule has 0 spiro atoms. The zero-order valence-corrected chi connectivity index (χ0v) is 11.1. The number of hydrogen-bond acceptors (Lipinski definition) is 4. The molecule has 2 heterocycles. The molecule has 2 rings (SSSR count). The number of nitrogens with zero attached hydrogens (tertiary/aromatic N) is 2. The van der Waals surface area contributed by atoms with Gasteiger partial charge in [0.2, 0.25) is 5.91 Å². The minimum atomic E-state index is 0.283. The Balaban J connectivity index is 1.61. The van der Waals surface area contributed by atoms with Crippen LogP contribution in [0.15, 0.2) is 5.38 Å². The van der Waals surface area contributed by atoms with Crippen molar-refractivity contribution < 1.29 is 4.79 Å².